The highest BCUT2D eigenvalue weighted by Gasteiger charge is 2.26. The number of anilines is 1. The third-order valence-electron chi connectivity index (χ3n) is 4.09. The summed E-state index contributed by atoms with van der Waals surface area (Å²) < 4.78 is 10.6. The number of nitrogens with one attached hydrogen (secondary N) is 1. The van der Waals surface area contributed by atoms with Gasteiger partial charge in [-0.1, -0.05) is 30.3 Å². The van der Waals surface area contributed by atoms with Gasteiger partial charge in [-0.15, -0.1) is 11.3 Å². The average molecular weight is 342 g/mol. The van der Waals surface area contributed by atoms with E-state index in [1.165, 1.54) is 11.3 Å². The predicted molar refractivity (Wildman–Crippen MR) is 92.1 cm³/mol. The number of fused-ring (bicyclic) bond motifs is 1. The highest BCUT2D eigenvalue weighted by Crippen LogP contribution is 2.38. The first-order valence-electron chi connectivity index (χ1n) is 7.76. The molecule has 0 radical (unpaired) electrons. The van der Waals surface area contributed by atoms with Crippen LogP contribution in [-0.2, 0) is 28.9 Å². The zero-order chi connectivity index (χ0) is 16.9. The van der Waals surface area contributed by atoms with E-state index in [-0.39, 0.29) is 12.7 Å². The van der Waals surface area contributed by atoms with Gasteiger partial charge in [-0.05, 0) is 24.0 Å². The second-order valence-electron chi connectivity index (χ2n) is 5.61. The molecule has 1 aromatic carbocycles. The van der Waals surface area contributed by atoms with Crippen LogP contribution in [0.4, 0.5) is 9.80 Å². The van der Waals surface area contributed by atoms with Crippen LogP contribution in [0.1, 0.15) is 28.0 Å². The van der Waals surface area contributed by atoms with E-state index in [4.69, 9.17) is 9.47 Å². The molecule has 0 saturated carbocycles. The van der Waals surface area contributed by atoms with Crippen molar-refractivity contribution in [1.82, 2.24) is 0 Å². The van der Waals surface area contributed by atoms with Crippen LogP contribution in [0.3, 0.4) is 0 Å². The highest BCUT2D eigenvalue weighted by molar-refractivity contribution is 7.16. The molecule has 1 N–H and O–H groups in total. The van der Waals surface area contributed by atoms with Crippen molar-refractivity contribution in [2.45, 2.75) is 32.0 Å². The summed E-state index contributed by atoms with van der Waals surface area (Å²) in [5.41, 5.74) is 2.51. The number of methoxy groups -OCH3 is 1. The molecular formula is C18H18N2O3S. The standard InChI is InChI=1S/C18H18N2O3S/c1-22-13-7-8-14-15(10-19)17(24-16(14)9-13)20-18(21)23-11-12-5-3-2-4-6-12/h2-6,13H,7-9,11H2,1H3,(H,20,21). The van der Waals surface area contributed by atoms with E-state index in [0.29, 0.717) is 10.6 Å². The first-order chi connectivity index (χ1) is 11.7. The Bertz CT molecular complexity index is 765. The molecular weight excluding hydrogens is 324 g/mol. The minimum Gasteiger partial charge on any atom is -0.444 e. The predicted octanol–water partition coefficient (Wildman–Crippen LogP) is 3.87. The van der Waals surface area contributed by atoms with Crippen molar-refractivity contribution in [2.75, 3.05) is 12.4 Å². The molecule has 0 bridgehead atoms. The fourth-order valence-electron chi connectivity index (χ4n) is 2.82. The van der Waals surface area contributed by atoms with Gasteiger partial charge in [0.25, 0.3) is 0 Å². The summed E-state index contributed by atoms with van der Waals surface area (Å²) in [6.07, 6.45) is 2.12. The Labute approximate surface area is 144 Å². The number of thiophene rings is 1. The number of carbonyl (C=O) groups is 1. The maximum atomic E-state index is 12.0. The zero-order valence-corrected chi connectivity index (χ0v) is 14.2. The first-order valence-corrected chi connectivity index (χ1v) is 8.58. The number of amides is 1. The van der Waals surface area contributed by atoms with Gasteiger partial charge in [-0.3, -0.25) is 5.32 Å². The second kappa shape index (κ2) is 7.47. The molecule has 0 fully saturated rings. The van der Waals surface area contributed by atoms with Crippen molar-refractivity contribution in [1.29, 1.82) is 5.26 Å². The molecule has 1 aliphatic rings. The number of rotatable bonds is 4. The van der Waals surface area contributed by atoms with Crippen molar-refractivity contribution in [3.63, 3.8) is 0 Å². The molecule has 0 spiro atoms. The molecule has 0 aliphatic heterocycles. The van der Waals surface area contributed by atoms with Crippen LogP contribution in [0.15, 0.2) is 30.3 Å². The zero-order valence-electron chi connectivity index (χ0n) is 13.4. The van der Waals surface area contributed by atoms with E-state index in [9.17, 15) is 10.1 Å². The summed E-state index contributed by atoms with van der Waals surface area (Å²) >= 11 is 1.44. The smallest absolute Gasteiger partial charge is 0.412 e. The van der Waals surface area contributed by atoms with Crippen molar-refractivity contribution in [2.24, 2.45) is 0 Å². The third kappa shape index (κ3) is 3.58. The van der Waals surface area contributed by atoms with E-state index < -0.39 is 6.09 Å². The Balaban J connectivity index is 1.68. The van der Waals surface area contributed by atoms with E-state index in [0.717, 1.165) is 35.3 Å². The van der Waals surface area contributed by atoms with Crippen LogP contribution in [0.25, 0.3) is 0 Å². The van der Waals surface area contributed by atoms with Crippen LogP contribution in [0.2, 0.25) is 0 Å². The van der Waals surface area contributed by atoms with E-state index in [1.54, 1.807) is 7.11 Å². The van der Waals surface area contributed by atoms with Gasteiger partial charge >= 0.3 is 6.09 Å². The van der Waals surface area contributed by atoms with Crippen LogP contribution >= 0.6 is 11.3 Å². The fraction of sp³-hybridized carbons (Fsp3) is 0.333. The van der Waals surface area contributed by atoms with Crippen LogP contribution < -0.4 is 5.32 Å². The molecule has 1 aliphatic carbocycles. The van der Waals surface area contributed by atoms with Crippen LogP contribution in [-0.4, -0.2) is 19.3 Å². The average Bonchev–Trinajstić information content (AvgIpc) is 2.96. The lowest BCUT2D eigenvalue weighted by molar-refractivity contribution is 0.0920. The Morgan fingerprint density at radius 1 is 1.42 bits per heavy atom. The summed E-state index contributed by atoms with van der Waals surface area (Å²) in [5.74, 6) is 0. The maximum absolute atomic E-state index is 12.0. The minimum absolute atomic E-state index is 0.181. The number of nitrogens with zero attached hydrogens (tertiary/aromatic N) is 1. The van der Waals surface area contributed by atoms with E-state index in [2.05, 4.69) is 11.4 Å². The van der Waals surface area contributed by atoms with Crippen molar-refractivity contribution < 1.29 is 14.3 Å². The van der Waals surface area contributed by atoms with E-state index >= 15 is 0 Å². The Hall–Kier alpha value is -2.36. The third-order valence-corrected chi connectivity index (χ3v) is 5.26. The number of ether oxygens (including phenoxy) is 2. The SMILES string of the molecule is COC1CCc2c(sc(NC(=O)OCc3ccccc3)c2C#N)C1. The Morgan fingerprint density at radius 3 is 2.92 bits per heavy atom. The minimum atomic E-state index is -0.544. The first kappa shape index (κ1) is 16.5. The fourth-order valence-corrected chi connectivity index (χ4v) is 4.06. The summed E-state index contributed by atoms with van der Waals surface area (Å²) in [4.78, 5) is 13.1. The molecule has 5 nitrogen and oxygen atoms in total. The van der Waals surface area contributed by atoms with Gasteiger partial charge < -0.3 is 9.47 Å². The number of carbonyl (C=O) groups excluding carboxylic acids is 1. The van der Waals surface area contributed by atoms with Gasteiger partial charge in [0.2, 0.25) is 0 Å². The van der Waals surface area contributed by atoms with Crippen LogP contribution in [0.5, 0.6) is 0 Å². The molecule has 1 heterocycles. The molecule has 1 aromatic heterocycles. The second-order valence-corrected chi connectivity index (χ2v) is 6.71. The Kier molecular flexibility index (Phi) is 5.14. The molecule has 1 amide bonds. The summed E-state index contributed by atoms with van der Waals surface area (Å²) in [6.45, 7) is 0.200. The van der Waals surface area contributed by atoms with Gasteiger partial charge in [-0.25, -0.2) is 4.79 Å². The lowest BCUT2D eigenvalue weighted by Crippen LogP contribution is -2.19. The molecule has 1 atom stereocenters. The van der Waals surface area contributed by atoms with Gasteiger partial charge in [0.05, 0.1) is 11.7 Å². The number of hydrogen-bond donors (Lipinski definition) is 1. The summed E-state index contributed by atoms with van der Waals surface area (Å²) in [6, 6.07) is 11.7. The lowest BCUT2D eigenvalue weighted by atomic mass is 9.94. The largest absolute Gasteiger partial charge is 0.444 e. The maximum Gasteiger partial charge on any atom is 0.412 e. The summed E-state index contributed by atoms with van der Waals surface area (Å²) in [5, 5.41) is 12.7. The molecule has 6 heteroatoms. The quantitative estimate of drug-likeness (QED) is 0.915. The molecule has 0 saturated heterocycles. The van der Waals surface area contributed by atoms with Gasteiger partial charge in [0, 0.05) is 18.4 Å². The highest BCUT2D eigenvalue weighted by atomic mass is 32.1. The molecule has 24 heavy (non-hydrogen) atoms. The number of hydrogen-bond acceptors (Lipinski definition) is 5. The molecule has 1 unspecified atom stereocenters. The topological polar surface area (TPSA) is 71.3 Å². The van der Waals surface area contributed by atoms with Crippen molar-refractivity contribution >= 4 is 22.4 Å². The number of nitriles is 1. The van der Waals surface area contributed by atoms with Gasteiger partial charge in [0.1, 0.15) is 17.7 Å². The molecule has 2 aromatic rings. The number of benzene rings is 1. The lowest BCUT2D eigenvalue weighted by Gasteiger charge is -2.20. The van der Waals surface area contributed by atoms with E-state index in [1.807, 2.05) is 30.3 Å². The van der Waals surface area contributed by atoms with Crippen LogP contribution in [0, 0.1) is 11.3 Å². The van der Waals surface area contributed by atoms with Gasteiger partial charge in [-0.2, -0.15) is 5.26 Å². The van der Waals surface area contributed by atoms with Crippen molar-refractivity contribution in [3.05, 3.63) is 51.9 Å². The summed E-state index contributed by atoms with van der Waals surface area (Å²) in [7, 11) is 1.70. The molecule has 3 rings (SSSR count). The molecule has 124 valence electrons. The monoisotopic (exact) mass is 342 g/mol. The van der Waals surface area contributed by atoms with Gasteiger partial charge in [0.15, 0.2) is 0 Å². The Morgan fingerprint density at radius 2 is 2.21 bits per heavy atom. The van der Waals surface area contributed by atoms with Crippen molar-refractivity contribution in [3.8, 4) is 6.07 Å². The normalized spacial score (nSPS) is 16.1.